The Balaban J connectivity index is 1.82. The van der Waals surface area contributed by atoms with Crippen LogP contribution in [-0.2, 0) is 0 Å². The molecule has 0 radical (unpaired) electrons. The average Bonchev–Trinajstić information content (AvgIpc) is 2.29. The van der Waals surface area contributed by atoms with Crippen LogP contribution < -0.4 is 0 Å². The highest BCUT2D eigenvalue weighted by Crippen LogP contribution is 2.37. The van der Waals surface area contributed by atoms with Gasteiger partial charge < -0.3 is 10.0 Å². The first-order chi connectivity index (χ1) is 8.40. The fourth-order valence-electron chi connectivity index (χ4n) is 3.79. The summed E-state index contributed by atoms with van der Waals surface area (Å²) in [7, 11) is 2.22. The van der Waals surface area contributed by atoms with E-state index in [0.29, 0.717) is 11.5 Å². The maximum atomic E-state index is 10.6. The lowest BCUT2D eigenvalue weighted by Crippen LogP contribution is -2.47. The van der Waals surface area contributed by atoms with Gasteiger partial charge in [0.15, 0.2) is 0 Å². The lowest BCUT2D eigenvalue weighted by atomic mass is 9.75. The zero-order valence-corrected chi connectivity index (χ0v) is 12.5. The van der Waals surface area contributed by atoms with Crippen molar-refractivity contribution in [2.45, 2.75) is 83.3 Å². The van der Waals surface area contributed by atoms with Crippen molar-refractivity contribution < 1.29 is 5.11 Å². The summed E-state index contributed by atoms with van der Waals surface area (Å²) >= 11 is 0. The Hall–Kier alpha value is -0.0800. The second-order valence-electron chi connectivity index (χ2n) is 7.60. The van der Waals surface area contributed by atoms with Crippen molar-refractivity contribution in [3.8, 4) is 0 Å². The van der Waals surface area contributed by atoms with Gasteiger partial charge in [0.05, 0.1) is 5.60 Å². The molecule has 2 nitrogen and oxygen atoms in total. The Morgan fingerprint density at radius 1 is 1.00 bits per heavy atom. The van der Waals surface area contributed by atoms with Crippen LogP contribution in [0.5, 0.6) is 0 Å². The van der Waals surface area contributed by atoms with Crippen LogP contribution in [-0.4, -0.2) is 35.2 Å². The van der Waals surface area contributed by atoms with E-state index in [1.165, 1.54) is 44.9 Å². The van der Waals surface area contributed by atoms with Gasteiger partial charge >= 0.3 is 0 Å². The average molecular weight is 253 g/mol. The highest BCUT2D eigenvalue weighted by Gasteiger charge is 2.34. The van der Waals surface area contributed by atoms with Crippen molar-refractivity contribution in [2.75, 3.05) is 13.6 Å². The number of likely N-dealkylation sites (N-methyl/N-ethyl adjacent to an activating group) is 1. The number of hydrogen-bond donors (Lipinski definition) is 1. The normalized spacial score (nSPS) is 28.5. The Kier molecular flexibility index (Phi) is 4.38. The summed E-state index contributed by atoms with van der Waals surface area (Å²) < 4.78 is 0. The van der Waals surface area contributed by atoms with Crippen LogP contribution in [0.4, 0.5) is 0 Å². The van der Waals surface area contributed by atoms with Crippen LogP contribution in [0.1, 0.15) is 71.6 Å². The number of hydrogen-bond acceptors (Lipinski definition) is 2. The predicted octanol–water partition coefficient (Wildman–Crippen LogP) is 3.58. The molecule has 0 saturated heterocycles. The van der Waals surface area contributed by atoms with E-state index in [1.54, 1.807) is 0 Å². The van der Waals surface area contributed by atoms with Crippen molar-refractivity contribution >= 4 is 0 Å². The van der Waals surface area contributed by atoms with Gasteiger partial charge in [-0.3, -0.25) is 0 Å². The quantitative estimate of drug-likeness (QED) is 0.831. The van der Waals surface area contributed by atoms with Gasteiger partial charge in [0.25, 0.3) is 0 Å². The third-order valence-corrected chi connectivity index (χ3v) is 5.26. The van der Waals surface area contributed by atoms with E-state index in [2.05, 4.69) is 25.8 Å². The largest absolute Gasteiger partial charge is 0.389 e. The highest BCUT2D eigenvalue weighted by atomic mass is 16.3. The predicted molar refractivity (Wildman–Crippen MR) is 76.7 cm³/mol. The van der Waals surface area contributed by atoms with Gasteiger partial charge in [0.2, 0.25) is 0 Å². The first-order valence-corrected chi connectivity index (χ1v) is 7.83. The van der Waals surface area contributed by atoms with Gasteiger partial charge in [0.1, 0.15) is 0 Å². The number of aliphatic hydroxyl groups is 1. The van der Waals surface area contributed by atoms with Crippen molar-refractivity contribution in [1.29, 1.82) is 0 Å². The summed E-state index contributed by atoms with van der Waals surface area (Å²) in [5, 5.41) is 10.6. The molecule has 2 aliphatic carbocycles. The molecule has 0 atom stereocenters. The zero-order chi connectivity index (χ0) is 13.2. The van der Waals surface area contributed by atoms with Crippen molar-refractivity contribution in [1.82, 2.24) is 4.90 Å². The molecule has 0 aromatic rings. The maximum absolute atomic E-state index is 10.6. The van der Waals surface area contributed by atoms with Crippen LogP contribution in [0.2, 0.25) is 0 Å². The third-order valence-electron chi connectivity index (χ3n) is 5.26. The maximum Gasteiger partial charge on any atom is 0.0774 e. The molecule has 2 aliphatic rings. The molecule has 0 heterocycles. The molecular weight excluding hydrogens is 222 g/mol. The Labute approximate surface area is 113 Å². The zero-order valence-electron chi connectivity index (χ0n) is 12.5. The van der Waals surface area contributed by atoms with E-state index < -0.39 is 0 Å². The van der Waals surface area contributed by atoms with Crippen molar-refractivity contribution in [3.63, 3.8) is 0 Å². The highest BCUT2D eigenvalue weighted by molar-refractivity contribution is 4.89. The Bertz CT molecular complexity index is 258. The second-order valence-corrected chi connectivity index (χ2v) is 7.60. The van der Waals surface area contributed by atoms with Gasteiger partial charge in [-0.15, -0.1) is 0 Å². The first kappa shape index (κ1) is 14.3. The molecule has 106 valence electrons. The summed E-state index contributed by atoms with van der Waals surface area (Å²) in [5.41, 5.74) is 0.152. The lowest BCUT2D eigenvalue weighted by molar-refractivity contribution is -0.0354. The van der Waals surface area contributed by atoms with Gasteiger partial charge in [0, 0.05) is 12.6 Å². The molecule has 0 aliphatic heterocycles. The van der Waals surface area contributed by atoms with E-state index in [9.17, 15) is 5.11 Å². The molecule has 18 heavy (non-hydrogen) atoms. The van der Waals surface area contributed by atoms with E-state index >= 15 is 0 Å². The van der Waals surface area contributed by atoms with Gasteiger partial charge in [-0.1, -0.05) is 33.1 Å². The molecule has 2 fully saturated rings. The molecule has 0 spiro atoms. The molecule has 0 unspecified atom stereocenters. The third kappa shape index (κ3) is 3.71. The topological polar surface area (TPSA) is 23.5 Å². The van der Waals surface area contributed by atoms with Crippen LogP contribution >= 0.6 is 0 Å². The molecule has 2 heteroatoms. The SMILES string of the molecule is CN(CC1(O)CCCCC1)C1CCC(C)(C)CC1. The standard InChI is InChI=1S/C16H31NO/c1-15(2)11-7-14(8-12-15)17(3)13-16(18)9-5-4-6-10-16/h14,18H,4-13H2,1-3H3. The second kappa shape index (κ2) is 5.50. The fraction of sp³-hybridized carbons (Fsp3) is 1.00. The molecule has 0 aromatic heterocycles. The molecule has 2 rings (SSSR count). The first-order valence-electron chi connectivity index (χ1n) is 7.83. The summed E-state index contributed by atoms with van der Waals surface area (Å²) in [4.78, 5) is 2.45. The monoisotopic (exact) mass is 253 g/mol. The van der Waals surface area contributed by atoms with E-state index in [1.807, 2.05) is 0 Å². The molecular formula is C16H31NO. The Morgan fingerprint density at radius 2 is 1.56 bits per heavy atom. The van der Waals surface area contributed by atoms with E-state index in [4.69, 9.17) is 0 Å². The minimum absolute atomic E-state index is 0.389. The van der Waals surface area contributed by atoms with Crippen LogP contribution in [0.15, 0.2) is 0 Å². The van der Waals surface area contributed by atoms with Crippen LogP contribution in [0.3, 0.4) is 0 Å². The summed E-state index contributed by atoms with van der Waals surface area (Å²) in [6.07, 6.45) is 11.0. The molecule has 1 N–H and O–H groups in total. The molecule has 0 bridgehead atoms. The summed E-state index contributed by atoms with van der Waals surface area (Å²) in [6, 6.07) is 0.698. The Morgan fingerprint density at radius 3 is 2.11 bits per heavy atom. The fourth-order valence-corrected chi connectivity index (χ4v) is 3.79. The van der Waals surface area contributed by atoms with Crippen molar-refractivity contribution in [2.24, 2.45) is 5.41 Å². The summed E-state index contributed by atoms with van der Waals surface area (Å²) in [5.74, 6) is 0. The number of rotatable bonds is 3. The molecule has 0 amide bonds. The van der Waals surface area contributed by atoms with Gasteiger partial charge in [-0.25, -0.2) is 0 Å². The minimum Gasteiger partial charge on any atom is -0.389 e. The number of nitrogens with zero attached hydrogens (tertiary/aromatic N) is 1. The van der Waals surface area contributed by atoms with E-state index in [-0.39, 0.29) is 5.60 Å². The van der Waals surface area contributed by atoms with Crippen LogP contribution in [0, 0.1) is 5.41 Å². The molecule has 0 aromatic carbocycles. The van der Waals surface area contributed by atoms with Gasteiger partial charge in [-0.2, -0.15) is 0 Å². The van der Waals surface area contributed by atoms with E-state index in [0.717, 1.165) is 19.4 Å². The summed E-state index contributed by atoms with van der Waals surface area (Å²) in [6.45, 7) is 5.66. The minimum atomic E-state index is -0.389. The van der Waals surface area contributed by atoms with Crippen LogP contribution in [0.25, 0.3) is 0 Å². The lowest BCUT2D eigenvalue weighted by Gasteiger charge is -2.42. The molecule has 2 saturated carbocycles. The van der Waals surface area contributed by atoms with Gasteiger partial charge in [-0.05, 0) is 51.0 Å². The smallest absolute Gasteiger partial charge is 0.0774 e. The van der Waals surface area contributed by atoms with Crippen molar-refractivity contribution in [3.05, 3.63) is 0 Å².